The standard InChI is InChI=1S/C14H24N2O2/c1-16(10-8-15-9-12-17-2)11-13-18-14-6-4-3-5-7-14/h3-7,15H,8-13H2,1-2H3. The minimum absolute atomic E-state index is 0.721. The molecule has 0 aromatic heterocycles. The van der Waals surface area contributed by atoms with Crippen LogP contribution in [-0.2, 0) is 4.74 Å². The van der Waals surface area contributed by atoms with Crippen LogP contribution in [0.1, 0.15) is 0 Å². The highest BCUT2D eigenvalue weighted by Gasteiger charge is 1.98. The van der Waals surface area contributed by atoms with Gasteiger partial charge in [-0.3, -0.25) is 0 Å². The van der Waals surface area contributed by atoms with Crippen molar-refractivity contribution in [1.82, 2.24) is 10.2 Å². The molecule has 0 saturated heterocycles. The molecule has 18 heavy (non-hydrogen) atoms. The Bertz CT molecular complexity index is 293. The lowest BCUT2D eigenvalue weighted by Gasteiger charge is -2.17. The average Bonchev–Trinajstić information content (AvgIpc) is 2.40. The minimum Gasteiger partial charge on any atom is -0.492 e. The highest BCUT2D eigenvalue weighted by Crippen LogP contribution is 2.07. The molecule has 0 heterocycles. The van der Waals surface area contributed by atoms with Gasteiger partial charge in [-0.2, -0.15) is 0 Å². The Morgan fingerprint density at radius 1 is 1.06 bits per heavy atom. The van der Waals surface area contributed by atoms with Crippen LogP contribution in [0.25, 0.3) is 0 Å². The molecule has 0 aliphatic carbocycles. The lowest BCUT2D eigenvalue weighted by Crippen LogP contribution is -2.33. The summed E-state index contributed by atoms with van der Waals surface area (Å²) in [4.78, 5) is 2.25. The molecule has 0 radical (unpaired) electrons. The molecule has 0 saturated carbocycles. The van der Waals surface area contributed by atoms with Gasteiger partial charge in [0, 0.05) is 33.3 Å². The van der Waals surface area contributed by atoms with Crippen LogP contribution in [0.4, 0.5) is 0 Å². The van der Waals surface area contributed by atoms with Crippen LogP contribution < -0.4 is 10.1 Å². The van der Waals surface area contributed by atoms with Gasteiger partial charge in [0.25, 0.3) is 0 Å². The van der Waals surface area contributed by atoms with E-state index in [1.165, 1.54) is 0 Å². The van der Waals surface area contributed by atoms with E-state index in [4.69, 9.17) is 9.47 Å². The second-order valence-corrected chi connectivity index (χ2v) is 4.21. The Hall–Kier alpha value is -1.10. The fourth-order valence-electron chi connectivity index (χ4n) is 1.52. The maximum Gasteiger partial charge on any atom is 0.119 e. The normalized spacial score (nSPS) is 10.8. The first kappa shape index (κ1) is 15.0. The first-order valence-corrected chi connectivity index (χ1v) is 6.39. The van der Waals surface area contributed by atoms with E-state index in [-0.39, 0.29) is 0 Å². The van der Waals surface area contributed by atoms with Crippen molar-refractivity contribution < 1.29 is 9.47 Å². The van der Waals surface area contributed by atoms with Crippen molar-refractivity contribution >= 4 is 0 Å². The number of ether oxygens (including phenoxy) is 2. The van der Waals surface area contributed by atoms with Crippen molar-refractivity contribution in [1.29, 1.82) is 0 Å². The van der Waals surface area contributed by atoms with Crippen molar-refractivity contribution in [2.24, 2.45) is 0 Å². The quantitative estimate of drug-likeness (QED) is 0.635. The molecule has 4 nitrogen and oxygen atoms in total. The monoisotopic (exact) mass is 252 g/mol. The van der Waals surface area contributed by atoms with Crippen LogP contribution in [0.5, 0.6) is 5.75 Å². The zero-order valence-corrected chi connectivity index (χ0v) is 11.4. The summed E-state index contributed by atoms with van der Waals surface area (Å²) in [5.41, 5.74) is 0. The molecule has 1 rings (SSSR count). The molecule has 0 fully saturated rings. The Morgan fingerprint density at radius 2 is 1.83 bits per heavy atom. The Kier molecular flexibility index (Phi) is 8.21. The number of likely N-dealkylation sites (N-methyl/N-ethyl adjacent to an activating group) is 1. The van der Waals surface area contributed by atoms with E-state index in [2.05, 4.69) is 17.3 Å². The first-order valence-electron chi connectivity index (χ1n) is 6.39. The molecule has 1 N–H and O–H groups in total. The number of rotatable bonds is 10. The highest BCUT2D eigenvalue weighted by molar-refractivity contribution is 5.20. The summed E-state index contributed by atoms with van der Waals surface area (Å²) < 4.78 is 10.6. The predicted octanol–water partition coefficient (Wildman–Crippen LogP) is 1.23. The van der Waals surface area contributed by atoms with Crippen molar-refractivity contribution in [3.05, 3.63) is 30.3 Å². The average molecular weight is 252 g/mol. The fourth-order valence-corrected chi connectivity index (χ4v) is 1.52. The van der Waals surface area contributed by atoms with Crippen molar-refractivity contribution in [2.45, 2.75) is 0 Å². The van der Waals surface area contributed by atoms with Crippen molar-refractivity contribution in [3.63, 3.8) is 0 Å². The van der Waals surface area contributed by atoms with Gasteiger partial charge >= 0.3 is 0 Å². The van der Waals surface area contributed by atoms with E-state index >= 15 is 0 Å². The molecule has 0 amide bonds. The van der Waals surface area contributed by atoms with E-state index in [1.54, 1.807) is 7.11 Å². The third-order valence-corrected chi connectivity index (χ3v) is 2.64. The molecule has 0 unspecified atom stereocenters. The molecule has 4 heteroatoms. The zero-order chi connectivity index (χ0) is 13.1. The van der Waals surface area contributed by atoms with Crippen LogP contribution in [-0.4, -0.2) is 58.5 Å². The number of hydrogen-bond acceptors (Lipinski definition) is 4. The molecule has 0 bridgehead atoms. The van der Waals surface area contributed by atoms with E-state index in [0.29, 0.717) is 0 Å². The van der Waals surface area contributed by atoms with Gasteiger partial charge in [0.05, 0.1) is 6.61 Å². The lowest BCUT2D eigenvalue weighted by molar-refractivity contribution is 0.196. The number of methoxy groups -OCH3 is 1. The van der Waals surface area contributed by atoms with E-state index in [0.717, 1.165) is 45.1 Å². The number of nitrogens with one attached hydrogen (secondary N) is 1. The van der Waals surface area contributed by atoms with Gasteiger partial charge in [0.1, 0.15) is 12.4 Å². The van der Waals surface area contributed by atoms with Gasteiger partial charge in [-0.15, -0.1) is 0 Å². The third-order valence-electron chi connectivity index (χ3n) is 2.64. The van der Waals surface area contributed by atoms with Gasteiger partial charge in [0.15, 0.2) is 0 Å². The molecule has 102 valence electrons. The summed E-state index contributed by atoms with van der Waals surface area (Å²) in [6.45, 7) is 5.32. The minimum atomic E-state index is 0.721. The van der Waals surface area contributed by atoms with E-state index in [1.807, 2.05) is 30.3 Å². The third kappa shape index (κ3) is 7.27. The zero-order valence-electron chi connectivity index (χ0n) is 11.4. The van der Waals surface area contributed by atoms with Crippen LogP contribution in [0.3, 0.4) is 0 Å². The van der Waals surface area contributed by atoms with Crippen molar-refractivity contribution in [2.75, 3.05) is 53.6 Å². The highest BCUT2D eigenvalue weighted by atomic mass is 16.5. The molecular weight excluding hydrogens is 228 g/mol. The Morgan fingerprint density at radius 3 is 2.56 bits per heavy atom. The summed E-state index contributed by atoms with van der Waals surface area (Å²) in [6.07, 6.45) is 0. The second-order valence-electron chi connectivity index (χ2n) is 4.21. The van der Waals surface area contributed by atoms with Crippen LogP contribution in [0.2, 0.25) is 0 Å². The van der Waals surface area contributed by atoms with Gasteiger partial charge in [0.2, 0.25) is 0 Å². The summed E-state index contributed by atoms with van der Waals surface area (Å²) in [6, 6.07) is 9.92. The van der Waals surface area contributed by atoms with E-state index in [9.17, 15) is 0 Å². The van der Waals surface area contributed by atoms with Crippen LogP contribution in [0.15, 0.2) is 30.3 Å². The van der Waals surface area contributed by atoms with Crippen LogP contribution in [0, 0.1) is 0 Å². The van der Waals surface area contributed by atoms with Crippen LogP contribution >= 0.6 is 0 Å². The Labute approximate surface area is 110 Å². The van der Waals surface area contributed by atoms with Crippen molar-refractivity contribution in [3.8, 4) is 5.75 Å². The van der Waals surface area contributed by atoms with Gasteiger partial charge in [-0.25, -0.2) is 0 Å². The maximum absolute atomic E-state index is 5.64. The molecule has 0 aliphatic rings. The van der Waals surface area contributed by atoms with E-state index < -0.39 is 0 Å². The SMILES string of the molecule is COCCNCCN(C)CCOc1ccccc1. The number of para-hydroxylation sites is 1. The molecule has 1 aromatic rings. The van der Waals surface area contributed by atoms with Gasteiger partial charge < -0.3 is 19.7 Å². The topological polar surface area (TPSA) is 33.7 Å². The predicted molar refractivity (Wildman–Crippen MR) is 74.2 cm³/mol. The first-order chi connectivity index (χ1) is 8.83. The molecule has 0 aliphatic heterocycles. The summed E-state index contributed by atoms with van der Waals surface area (Å²) in [5.74, 6) is 0.934. The smallest absolute Gasteiger partial charge is 0.119 e. The maximum atomic E-state index is 5.64. The lowest BCUT2D eigenvalue weighted by atomic mass is 10.3. The summed E-state index contributed by atoms with van der Waals surface area (Å²) >= 11 is 0. The van der Waals surface area contributed by atoms with Gasteiger partial charge in [-0.1, -0.05) is 18.2 Å². The molecule has 0 spiro atoms. The largest absolute Gasteiger partial charge is 0.492 e. The molecule has 0 atom stereocenters. The number of nitrogens with zero attached hydrogens (tertiary/aromatic N) is 1. The summed E-state index contributed by atoms with van der Waals surface area (Å²) in [7, 11) is 3.82. The van der Waals surface area contributed by atoms with Gasteiger partial charge in [-0.05, 0) is 19.2 Å². The number of hydrogen-bond donors (Lipinski definition) is 1. The molecular formula is C14H24N2O2. The summed E-state index contributed by atoms with van der Waals surface area (Å²) in [5, 5.41) is 3.32. The Balaban J connectivity index is 1.98. The second kappa shape index (κ2) is 9.88. The molecule has 1 aromatic carbocycles. The fraction of sp³-hybridized carbons (Fsp3) is 0.571. The number of benzene rings is 1.